The number of rotatable bonds is 14. The number of sulfonamides is 1. The Morgan fingerprint density at radius 1 is 1.13 bits per heavy atom. The van der Waals surface area contributed by atoms with E-state index >= 15 is 0 Å². The molecule has 1 N–H and O–H groups in total. The molecule has 5 nitrogen and oxygen atoms in total. The van der Waals surface area contributed by atoms with E-state index in [2.05, 4.69) is 11.9 Å². The Hall–Kier alpha value is -1.28. The van der Waals surface area contributed by atoms with E-state index in [9.17, 15) is 12.8 Å². The van der Waals surface area contributed by atoms with Gasteiger partial charge in [-0.3, -0.25) is 0 Å². The zero-order valence-corrected chi connectivity index (χ0v) is 19.0. The lowest BCUT2D eigenvalue weighted by Gasteiger charge is -2.34. The molecule has 0 radical (unpaired) electrons. The monoisotopic (exact) mass is 440 g/mol. The Kier molecular flexibility index (Phi) is 11.0. The molecule has 1 fully saturated rings. The minimum absolute atomic E-state index is 0.108. The van der Waals surface area contributed by atoms with Gasteiger partial charge >= 0.3 is 0 Å². The summed E-state index contributed by atoms with van der Waals surface area (Å²) in [4.78, 5) is -0.248. The molecule has 1 aromatic carbocycles. The molecule has 1 saturated carbocycles. The van der Waals surface area contributed by atoms with Gasteiger partial charge in [-0.05, 0) is 70.2 Å². The molecule has 0 saturated heterocycles. The first-order chi connectivity index (χ1) is 14.5. The molecule has 1 aromatic rings. The summed E-state index contributed by atoms with van der Waals surface area (Å²) >= 11 is 0. The zero-order valence-electron chi connectivity index (χ0n) is 18.2. The van der Waals surface area contributed by atoms with E-state index in [0.717, 1.165) is 58.2 Å². The van der Waals surface area contributed by atoms with E-state index in [1.807, 2.05) is 6.08 Å². The van der Waals surface area contributed by atoms with E-state index in [1.165, 1.54) is 41.8 Å². The molecule has 170 valence electrons. The second-order valence-electron chi connectivity index (χ2n) is 7.99. The molecule has 0 heterocycles. The summed E-state index contributed by atoms with van der Waals surface area (Å²) in [6, 6.07) is 5.45. The number of benzene rings is 1. The topological polar surface area (TPSA) is 58.6 Å². The summed E-state index contributed by atoms with van der Waals surface area (Å²) in [5.41, 5.74) is 0. The van der Waals surface area contributed by atoms with Crippen LogP contribution >= 0.6 is 0 Å². The average molecular weight is 441 g/mol. The SMILES string of the molecule is C=CCCNCCCCCCOC1CCC(N(C)S(=O)(=O)c2ccccc2F)CC1. The van der Waals surface area contributed by atoms with Crippen molar-refractivity contribution in [3.05, 3.63) is 42.7 Å². The van der Waals surface area contributed by atoms with E-state index in [0.29, 0.717) is 0 Å². The fourth-order valence-electron chi connectivity index (χ4n) is 3.87. The van der Waals surface area contributed by atoms with E-state index in [-0.39, 0.29) is 17.0 Å². The highest BCUT2D eigenvalue weighted by atomic mass is 32.2. The Labute approximate surface area is 181 Å². The van der Waals surface area contributed by atoms with Crippen LogP contribution in [0.25, 0.3) is 0 Å². The van der Waals surface area contributed by atoms with Crippen LogP contribution in [0, 0.1) is 5.82 Å². The van der Waals surface area contributed by atoms with Crippen molar-refractivity contribution in [3.63, 3.8) is 0 Å². The fraction of sp³-hybridized carbons (Fsp3) is 0.652. The summed E-state index contributed by atoms with van der Waals surface area (Å²) in [7, 11) is -2.26. The summed E-state index contributed by atoms with van der Waals surface area (Å²) in [5, 5.41) is 3.40. The van der Waals surface area contributed by atoms with Crippen molar-refractivity contribution in [2.75, 3.05) is 26.7 Å². The van der Waals surface area contributed by atoms with Gasteiger partial charge in [0.15, 0.2) is 0 Å². The van der Waals surface area contributed by atoms with E-state index in [4.69, 9.17) is 4.74 Å². The zero-order chi connectivity index (χ0) is 21.8. The van der Waals surface area contributed by atoms with Crippen LogP contribution in [0.2, 0.25) is 0 Å². The molecule has 0 bridgehead atoms. The number of ether oxygens (including phenoxy) is 1. The van der Waals surface area contributed by atoms with E-state index < -0.39 is 15.8 Å². The van der Waals surface area contributed by atoms with Gasteiger partial charge in [0.1, 0.15) is 10.7 Å². The van der Waals surface area contributed by atoms with Crippen LogP contribution < -0.4 is 5.32 Å². The smallest absolute Gasteiger partial charge is 0.245 e. The first-order valence-electron chi connectivity index (χ1n) is 11.1. The highest BCUT2D eigenvalue weighted by Crippen LogP contribution is 2.29. The van der Waals surface area contributed by atoms with Crippen LogP contribution in [-0.2, 0) is 14.8 Å². The molecule has 7 heteroatoms. The van der Waals surface area contributed by atoms with Crippen molar-refractivity contribution in [1.82, 2.24) is 9.62 Å². The Morgan fingerprint density at radius 3 is 2.53 bits per heavy atom. The van der Waals surface area contributed by atoms with Crippen LogP contribution in [0.1, 0.15) is 57.8 Å². The van der Waals surface area contributed by atoms with Crippen LogP contribution in [-0.4, -0.2) is 51.6 Å². The lowest BCUT2D eigenvalue weighted by atomic mass is 9.93. The lowest BCUT2D eigenvalue weighted by molar-refractivity contribution is 0.0156. The molecule has 0 unspecified atom stereocenters. The standard InChI is InChI=1S/C23H37FN2O3S/c1-3-4-17-25-18-9-5-6-10-19-29-21-15-13-20(14-16-21)26(2)30(27,28)23-12-8-7-11-22(23)24/h3,7-8,11-12,20-21,25H,1,4-6,9-10,13-19H2,2H3. The largest absolute Gasteiger partial charge is 0.378 e. The summed E-state index contributed by atoms with van der Waals surface area (Å²) in [6.45, 7) is 6.54. The molecule has 1 aliphatic carbocycles. The maximum atomic E-state index is 14.0. The first kappa shape index (κ1) is 25.0. The highest BCUT2D eigenvalue weighted by Gasteiger charge is 2.33. The predicted molar refractivity (Wildman–Crippen MR) is 119 cm³/mol. The Morgan fingerprint density at radius 2 is 1.83 bits per heavy atom. The molecule has 0 aliphatic heterocycles. The molecular weight excluding hydrogens is 403 g/mol. The predicted octanol–water partition coefficient (Wildman–Crippen LogP) is 4.50. The maximum Gasteiger partial charge on any atom is 0.245 e. The second-order valence-corrected chi connectivity index (χ2v) is 9.96. The first-order valence-corrected chi connectivity index (χ1v) is 12.6. The third-order valence-corrected chi connectivity index (χ3v) is 7.72. The third-order valence-electron chi connectivity index (χ3n) is 5.78. The molecule has 0 atom stereocenters. The quantitative estimate of drug-likeness (QED) is 0.342. The highest BCUT2D eigenvalue weighted by molar-refractivity contribution is 7.89. The van der Waals surface area contributed by atoms with Gasteiger partial charge < -0.3 is 10.1 Å². The molecule has 1 aliphatic rings. The average Bonchev–Trinajstić information content (AvgIpc) is 2.75. The van der Waals surface area contributed by atoms with Gasteiger partial charge in [-0.25, -0.2) is 12.8 Å². The van der Waals surface area contributed by atoms with Crippen molar-refractivity contribution in [2.24, 2.45) is 0 Å². The number of unbranched alkanes of at least 4 members (excludes halogenated alkanes) is 3. The number of hydrogen-bond acceptors (Lipinski definition) is 4. The van der Waals surface area contributed by atoms with Crippen molar-refractivity contribution in [2.45, 2.75) is 74.8 Å². The molecule has 0 amide bonds. The number of nitrogens with zero attached hydrogens (tertiary/aromatic N) is 1. The van der Waals surface area contributed by atoms with Gasteiger partial charge in [-0.15, -0.1) is 6.58 Å². The Bertz CT molecular complexity index is 734. The molecule has 0 aromatic heterocycles. The van der Waals surface area contributed by atoms with E-state index in [1.54, 1.807) is 13.1 Å². The minimum atomic E-state index is -3.82. The summed E-state index contributed by atoms with van der Waals surface area (Å²) in [5.74, 6) is -0.700. The normalized spacial score (nSPS) is 19.8. The Balaban J connectivity index is 1.62. The third kappa shape index (κ3) is 7.76. The van der Waals surface area contributed by atoms with Gasteiger partial charge in [-0.2, -0.15) is 4.31 Å². The maximum absolute atomic E-state index is 14.0. The number of halogens is 1. The molecule has 30 heavy (non-hydrogen) atoms. The van der Waals surface area contributed by atoms with Crippen molar-refractivity contribution in [3.8, 4) is 0 Å². The van der Waals surface area contributed by atoms with Gasteiger partial charge in [0.25, 0.3) is 0 Å². The molecule has 0 spiro atoms. The van der Waals surface area contributed by atoms with Crippen LogP contribution in [0.3, 0.4) is 0 Å². The molecule has 2 rings (SSSR count). The van der Waals surface area contributed by atoms with Gasteiger partial charge in [0.2, 0.25) is 10.0 Å². The van der Waals surface area contributed by atoms with Crippen LogP contribution in [0.15, 0.2) is 41.8 Å². The van der Waals surface area contributed by atoms with Crippen molar-refractivity contribution < 1.29 is 17.5 Å². The van der Waals surface area contributed by atoms with Gasteiger partial charge in [0, 0.05) is 19.7 Å². The fourth-order valence-corrected chi connectivity index (χ4v) is 5.34. The van der Waals surface area contributed by atoms with Gasteiger partial charge in [-0.1, -0.05) is 31.1 Å². The minimum Gasteiger partial charge on any atom is -0.378 e. The van der Waals surface area contributed by atoms with Crippen molar-refractivity contribution in [1.29, 1.82) is 0 Å². The molecular formula is C23H37FN2O3S. The second kappa shape index (κ2) is 13.2. The summed E-state index contributed by atoms with van der Waals surface area (Å²) < 4.78 is 46.8. The number of hydrogen-bond donors (Lipinski definition) is 1. The number of nitrogens with one attached hydrogen (secondary N) is 1. The van der Waals surface area contributed by atoms with Crippen LogP contribution in [0.4, 0.5) is 4.39 Å². The van der Waals surface area contributed by atoms with Crippen molar-refractivity contribution >= 4 is 10.0 Å². The summed E-state index contributed by atoms with van der Waals surface area (Å²) in [6.07, 6.45) is 10.9. The van der Waals surface area contributed by atoms with Crippen LogP contribution in [0.5, 0.6) is 0 Å². The van der Waals surface area contributed by atoms with Gasteiger partial charge in [0.05, 0.1) is 6.10 Å². The lowest BCUT2D eigenvalue weighted by Crippen LogP contribution is -2.41.